The molecule has 3 aromatic rings. The van der Waals surface area contributed by atoms with Gasteiger partial charge in [-0.25, -0.2) is 9.97 Å². The number of carbonyl (C=O) groups excluding carboxylic acids is 1. The molecule has 0 radical (unpaired) electrons. The number of pyridine rings is 2. The van der Waals surface area contributed by atoms with E-state index in [4.69, 9.17) is 37.9 Å². The molecule has 240 valence electrons. The minimum Gasteiger partial charge on any atom is -0.437 e. The molecule has 2 fully saturated rings. The lowest BCUT2D eigenvalue weighted by atomic mass is 9.96. The number of amides is 1. The summed E-state index contributed by atoms with van der Waals surface area (Å²) in [5.74, 6) is 3.19. The highest BCUT2D eigenvalue weighted by molar-refractivity contribution is 7.65. The standard InChI is InChI=1S/C33H40Cl2N6O3S/c1-23(7-14-45-43)40-10-12-41(13-11-40)32-4-3-30(21-37-32)44-33-16-26(15-31(38-33)27-17-28(34)19-29(35)18-27)22-39-8-5-25(6-9-39)20-36-24(2)42/h3-4,15-19,21,23,25H,5-14,20,22H2,1-2H3/p+1. The van der Waals surface area contributed by atoms with Crippen LogP contribution in [-0.2, 0) is 27.2 Å². The van der Waals surface area contributed by atoms with Gasteiger partial charge in [0.15, 0.2) is 0 Å². The number of nitrogens with zero attached hydrogens (tertiary/aromatic N) is 5. The van der Waals surface area contributed by atoms with Gasteiger partial charge < -0.3 is 15.0 Å². The first-order chi connectivity index (χ1) is 21.7. The molecule has 1 atom stereocenters. The third kappa shape index (κ3) is 9.80. The first-order valence-electron chi connectivity index (χ1n) is 15.6. The molecule has 2 aromatic heterocycles. The number of anilines is 1. The molecule has 0 saturated carbocycles. The molecule has 12 heteroatoms. The van der Waals surface area contributed by atoms with Crippen molar-refractivity contribution < 1.29 is 13.7 Å². The van der Waals surface area contributed by atoms with Crippen LogP contribution < -0.4 is 15.0 Å². The summed E-state index contributed by atoms with van der Waals surface area (Å²) in [7, 11) is 0. The van der Waals surface area contributed by atoms with Crippen LogP contribution in [0.25, 0.3) is 11.3 Å². The van der Waals surface area contributed by atoms with Gasteiger partial charge >= 0.3 is 11.7 Å². The van der Waals surface area contributed by atoms with Crippen molar-refractivity contribution in [2.24, 2.45) is 5.92 Å². The average Bonchev–Trinajstić information content (AvgIpc) is 3.03. The number of hydrogen-bond acceptors (Lipinski definition) is 8. The predicted molar refractivity (Wildman–Crippen MR) is 181 cm³/mol. The summed E-state index contributed by atoms with van der Waals surface area (Å²) in [6, 6.07) is 13.8. The van der Waals surface area contributed by atoms with Gasteiger partial charge in [-0.05, 0) is 80.7 Å². The van der Waals surface area contributed by atoms with Crippen LogP contribution >= 0.6 is 23.2 Å². The van der Waals surface area contributed by atoms with Crippen molar-refractivity contribution in [2.75, 3.05) is 56.5 Å². The zero-order valence-electron chi connectivity index (χ0n) is 25.9. The fourth-order valence-electron chi connectivity index (χ4n) is 5.98. The number of rotatable bonds is 12. The van der Waals surface area contributed by atoms with Gasteiger partial charge in [0.05, 0.1) is 11.9 Å². The molecule has 1 aromatic carbocycles. The largest absolute Gasteiger partial charge is 0.458 e. The first kappa shape index (κ1) is 33.5. The highest BCUT2D eigenvalue weighted by atomic mass is 35.5. The Kier molecular flexibility index (Phi) is 12.0. The van der Waals surface area contributed by atoms with Crippen LogP contribution in [0.2, 0.25) is 10.0 Å². The molecule has 45 heavy (non-hydrogen) atoms. The van der Waals surface area contributed by atoms with E-state index in [0.717, 1.165) is 94.3 Å². The summed E-state index contributed by atoms with van der Waals surface area (Å²) in [4.78, 5) is 28.0. The maximum Gasteiger partial charge on any atom is 0.458 e. The van der Waals surface area contributed by atoms with E-state index in [9.17, 15) is 9.00 Å². The van der Waals surface area contributed by atoms with Gasteiger partial charge in [-0.15, -0.1) is 0 Å². The highest BCUT2D eigenvalue weighted by Crippen LogP contribution is 2.31. The Morgan fingerprint density at radius 3 is 2.42 bits per heavy atom. The van der Waals surface area contributed by atoms with Crippen molar-refractivity contribution in [3.63, 3.8) is 0 Å². The molecule has 4 heterocycles. The number of piperidine rings is 1. The Bertz CT molecular complexity index is 1430. The summed E-state index contributed by atoms with van der Waals surface area (Å²) < 4.78 is 17.1. The van der Waals surface area contributed by atoms with Crippen molar-refractivity contribution in [2.45, 2.75) is 45.7 Å². The average molecular weight is 673 g/mol. The second-order valence-electron chi connectivity index (χ2n) is 12.0. The van der Waals surface area contributed by atoms with Gasteiger partial charge in [0.25, 0.3) is 0 Å². The molecule has 5 rings (SSSR count). The molecule has 0 aliphatic carbocycles. The summed E-state index contributed by atoms with van der Waals surface area (Å²) >= 11 is 13.3. The Balaban J connectivity index is 1.27. The Hall–Kier alpha value is -2.89. The van der Waals surface area contributed by atoms with Crippen molar-refractivity contribution in [3.8, 4) is 22.9 Å². The zero-order valence-corrected chi connectivity index (χ0v) is 28.2. The van der Waals surface area contributed by atoms with Gasteiger partial charge in [0, 0.05) is 84.5 Å². The molecule has 9 nitrogen and oxygen atoms in total. The van der Waals surface area contributed by atoms with Gasteiger partial charge in [-0.3, -0.25) is 14.6 Å². The molecule has 0 bridgehead atoms. The number of piperazine rings is 1. The van der Waals surface area contributed by atoms with Crippen LogP contribution in [0.15, 0.2) is 48.7 Å². The number of halogens is 2. The summed E-state index contributed by atoms with van der Waals surface area (Å²) in [5.41, 5.74) is 2.64. The number of carbonyl (C=O) groups is 1. The smallest absolute Gasteiger partial charge is 0.437 e. The van der Waals surface area contributed by atoms with Crippen molar-refractivity contribution >= 4 is 46.6 Å². The van der Waals surface area contributed by atoms with Crippen LogP contribution in [-0.4, -0.2) is 83.3 Å². The number of nitrogens with one attached hydrogen (secondary N) is 1. The number of benzene rings is 1. The van der Waals surface area contributed by atoms with Gasteiger partial charge in [-0.2, -0.15) is 0 Å². The minimum absolute atomic E-state index is 0.0247. The number of ether oxygens (including phenoxy) is 1. The molecule has 2 aliphatic rings. The SMILES string of the molecule is CC(=O)NCC1CCN(Cc2cc(Oc3ccc(N4CCN(C(C)CC[S+]=O)CC4)nc3)nc(-c3cc(Cl)cc(Cl)c3)c2)CC1. The van der Waals surface area contributed by atoms with Crippen molar-refractivity contribution in [3.05, 3.63) is 64.3 Å². The van der Waals surface area contributed by atoms with E-state index in [2.05, 4.69) is 33.0 Å². The topological polar surface area (TPSA) is 90.9 Å². The maximum atomic E-state index is 11.3. The Morgan fingerprint density at radius 1 is 1.04 bits per heavy atom. The van der Waals surface area contributed by atoms with E-state index in [1.165, 1.54) is 0 Å². The van der Waals surface area contributed by atoms with Crippen molar-refractivity contribution in [1.82, 2.24) is 25.1 Å². The summed E-state index contributed by atoms with van der Waals surface area (Å²) in [5, 5.41) is 4.05. The van der Waals surface area contributed by atoms with Crippen LogP contribution in [0.3, 0.4) is 0 Å². The van der Waals surface area contributed by atoms with Crippen molar-refractivity contribution in [1.29, 1.82) is 0 Å². The quantitative estimate of drug-likeness (QED) is 0.237. The van der Waals surface area contributed by atoms with E-state index in [0.29, 0.717) is 51.1 Å². The summed E-state index contributed by atoms with van der Waals surface area (Å²) in [6.45, 7) is 10.9. The molecule has 1 N–H and O–H groups in total. The molecular weight excluding hydrogens is 631 g/mol. The molecule has 1 amide bonds. The van der Waals surface area contributed by atoms with E-state index in [-0.39, 0.29) is 5.91 Å². The van der Waals surface area contributed by atoms with E-state index < -0.39 is 0 Å². The third-order valence-electron chi connectivity index (χ3n) is 8.60. The summed E-state index contributed by atoms with van der Waals surface area (Å²) in [6.07, 6.45) is 4.74. The van der Waals surface area contributed by atoms with E-state index in [1.807, 2.05) is 30.3 Å². The van der Waals surface area contributed by atoms with Crippen LogP contribution in [0.5, 0.6) is 11.6 Å². The maximum absolute atomic E-state index is 11.3. The second-order valence-corrected chi connectivity index (χ2v) is 13.5. The molecule has 0 spiro atoms. The van der Waals surface area contributed by atoms with Crippen LogP contribution in [0.1, 0.15) is 38.7 Å². The molecular formula is C33H41Cl2N6O3S+. The first-order valence-corrected chi connectivity index (χ1v) is 17.2. The van der Waals surface area contributed by atoms with Gasteiger partial charge in [0.1, 0.15) is 11.6 Å². The predicted octanol–water partition coefficient (Wildman–Crippen LogP) is 5.92. The lowest BCUT2D eigenvalue weighted by Crippen LogP contribution is -2.50. The van der Waals surface area contributed by atoms with Crippen LogP contribution in [0.4, 0.5) is 5.82 Å². The minimum atomic E-state index is 0.0247. The highest BCUT2D eigenvalue weighted by Gasteiger charge is 2.23. The monoisotopic (exact) mass is 671 g/mol. The Labute approximate surface area is 279 Å². The number of likely N-dealkylation sites (tertiary alicyclic amines) is 1. The lowest BCUT2D eigenvalue weighted by molar-refractivity contribution is -0.119. The second kappa shape index (κ2) is 16.1. The van der Waals surface area contributed by atoms with Gasteiger partial charge in [0.2, 0.25) is 17.5 Å². The van der Waals surface area contributed by atoms with E-state index in [1.54, 1.807) is 19.2 Å². The number of hydrogen-bond donors (Lipinski definition) is 1. The lowest BCUT2D eigenvalue weighted by Gasteiger charge is -2.38. The fraction of sp³-hybridized carbons (Fsp3) is 0.485. The van der Waals surface area contributed by atoms with Crippen LogP contribution in [0, 0.1) is 5.92 Å². The third-order valence-corrected chi connectivity index (χ3v) is 9.44. The molecule has 1 unspecified atom stereocenters. The Morgan fingerprint density at radius 2 is 1.78 bits per heavy atom. The fourth-order valence-corrected chi connectivity index (χ4v) is 6.94. The van der Waals surface area contributed by atoms with Gasteiger partial charge in [-0.1, -0.05) is 23.2 Å². The van der Waals surface area contributed by atoms with E-state index >= 15 is 0 Å². The zero-order chi connectivity index (χ0) is 31.8. The number of aromatic nitrogens is 2. The molecule has 2 saturated heterocycles. The normalized spacial score (nSPS) is 17.2. The molecule has 2 aliphatic heterocycles.